The average Bonchev–Trinajstić information content (AvgIpc) is 2.65. The number of esters is 2. The van der Waals surface area contributed by atoms with Crippen LogP contribution in [-0.2, 0) is 19.1 Å². The lowest BCUT2D eigenvalue weighted by atomic mass is 10.1. The smallest absolute Gasteiger partial charge is 0.306 e. The molecule has 30 heavy (non-hydrogen) atoms. The number of likely N-dealkylation sites (tertiary alicyclic amines) is 2. The number of nitrogens with zero attached hydrogens (tertiary/aromatic N) is 2. The lowest BCUT2D eigenvalue weighted by molar-refractivity contribution is -0.916. The normalized spacial score (nSPS) is 22.7. The Morgan fingerprint density at radius 3 is 1.33 bits per heavy atom. The summed E-state index contributed by atoms with van der Waals surface area (Å²) >= 11 is 0. The van der Waals surface area contributed by atoms with Crippen LogP contribution in [0.15, 0.2) is 0 Å². The lowest BCUT2D eigenvalue weighted by Crippen LogP contribution is -2.52. The molecular formula is C24H46N2O4+2. The van der Waals surface area contributed by atoms with Crippen LogP contribution in [0.2, 0.25) is 0 Å². The number of hydrogen-bond donors (Lipinski definition) is 0. The van der Waals surface area contributed by atoms with Crippen molar-refractivity contribution < 1.29 is 28.0 Å². The molecule has 2 aliphatic rings. The van der Waals surface area contributed by atoms with Gasteiger partial charge in [-0.2, -0.15) is 0 Å². The SMILES string of the molecule is CC(C[N+]1(C)CCCCC1)OC(=O)CCCCC(=O)OC(C)C[N+]1(C)CCCCC1. The number of likely N-dealkylation sites (N-methyl/N-ethyl adjacent to an activating group) is 2. The van der Waals surface area contributed by atoms with Gasteiger partial charge in [-0.25, -0.2) is 0 Å². The van der Waals surface area contributed by atoms with E-state index in [0.29, 0.717) is 25.7 Å². The number of piperidine rings is 2. The number of ether oxygens (including phenoxy) is 2. The standard InChI is InChI=1S/C24H46N2O4/c1-21(19-25(3)15-9-5-10-16-25)29-23(27)13-7-8-14-24(28)30-22(2)20-26(4)17-11-6-12-18-26/h21-22H,5-20H2,1-4H3/q+2. The second kappa shape index (κ2) is 12.0. The molecule has 0 aromatic heterocycles. The van der Waals surface area contributed by atoms with Gasteiger partial charge in [-0.1, -0.05) is 0 Å². The monoisotopic (exact) mass is 426 g/mol. The van der Waals surface area contributed by atoms with Gasteiger partial charge in [0.05, 0.1) is 40.3 Å². The molecule has 0 radical (unpaired) electrons. The summed E-state index contributed by atoms with van der Waals surface area (Å²) in [5, 5.41) is 0. The maximum atomic E-state index is 12.1. The minimum absolute atomic E-state index is 0.0503. The summed E-state index contributed by atoms with van der Waals surface area (Å²) in [5.74, 6) is -0.286. The van der Waals surface area contributed by atoms with Gasteiger partial charge in [0.25, 0.3) is 0 Å². The molecular weight excluding hydrogens is 380 g/mol. The molecule has 0 N–H and O–H groups in total. The summed E-state index contributed by atoms with van der Waals surface area (Å²) in [4.78, 5) is 24.3. The van der Waals surface area contributed by atoms with Crippen LogP contribution in [-0.4, -0.2) is 86.5 Å². The Labute approximate surface area is 184 Å². The number of hydrogen-bond acceptors (Lipinski definition) is 4. The van der Waals surface area contributed by atoms with Crippen molar-refractivity contribution in [1.82, 2.24) is 0 Å². The zero-order valence-electron chi connectivity index (χ0n) is 20.0. The molecule has 0 bridgehead atoms. The third-order valence-corrected chi connectivity index (χ3v) is 6.86. The van der Waals surface area contributed by atoms with E-state index in [2.05, 4.69) is 14.1 Å². The highest BCUT2D eigenvalue weighted by atomic mass is 16.5. The summed E-state index contributed by atoms with van der Waals surface area (Å²) in [6.07, 6.45) is 9.73. The van der Waals surface area contributed by atoms with Gasteiger partial charge in [0.1, 0.15) is 25.3 Å². The van der Waals surface area contributed by atoms with E-state index in [1.807, 2.05) is 13.8 Å². The molecule has 2 fully saturated rings. The van der Waals surface area contributed by atoms with E-state index < -0.39 is 0 Å². The van der Waals surface area contributed by atoms with Gasteiger partial charge in [-0.3, -0.25) is 9.59 Å². The van der Waals surface area contributed by atoms with Crippen molar-refractivity contribution in [3.63, 3.8) is 0 Å². The van der Waals surface area contributed by atoms with Crippen LogP contribution in [0.3, 0.4) is 0 Å². The second-order valence-electron chi connectivity index (χ2n) is 10.4. The van der Waals surface area contributed by atoms with Crippen molar-refractivity contribution in [2.24, 2.45) is 0 Å². The van der Waals surface area contributed by atoms with Crippen molar-refractivity contribution in [3.05, 3.63) is 0 Å². The van der Waals surface area contributed by atoms with E-state index in [0.717, 1.165) is 22.1 Å². The maximum absolute atomic E-state index is 12.1. The molecule has 2 rings (SSSR count). The first-order chi connectivity index (χ1) is 14.2. The largest absolute Gasteiger partial charge is 0.457 e. The Balaban J connectivity index is 1.55. The fourth-order valence-corrected chi connectivity index (χ4v) is 5.34. The molecule has 2 saturated heterocycles. The van der Waals surface area contributed by atoms with Crippen LogP contribution in [0.5, 0.6) is 0 Å². The molecule has 6 nitrogen and oxygen atoms in total. The molecule has 0 aliphatic carbocycles. The van der Waals surface area contributed by atoms with Crippen LogP contribution in [0.25, 0.3) is 0 Å². The molecule has 2 heterocycles. The molecule has 0 aromatic rings. The van der Waals surface area contributed by atoms with Crippen molar-refractivity contribution in [2.45, 2.75) is 90.3 Å². The Morgan fingerprint density at radius 1 is 0.667 bits per heavy atom. The zero-order valence-corrected chi connectivity index (χ0v) is 20.0. The average molecular weight is 427 g/mol. The third kappa shape index (κ3) is 9.34. The molecule has 2 unspecified atom stereocenters. The van der Waals surface area contributed by atoms with Crippen LogP contribution in [0.4, 0.5) is 0 Å². The number of carbonyl (C=O) groups excluding carboxylic acids is 2. The summed E-state index contributed by atoms with van der Waals surface area (Å²) in [7, 11) is 4.53. The van der Waals surface area contributed by atoms with Gasteiger partial charge in [0.2, 0.25) is 0 Å². The fourth-order valence-electron chi connectivity index (χ4n) is 5.34. The first-order valence-corrected chi connectivity index (χ1v) is 12.3. The molecule has 0 aromatic carbocycles. The highest BCUT2D eigenvalue weighted by Crippen LogP contribution is 2.19. The van der Waals surface area contributed by atoms with E-state index in [-0.39, 0.29) is 24.1 Å². The van der Waals surface area contributed by atoms with E-state index in [9.17, 15) is 9.59 Å². The molecule has 2 aliphatic heterocycles. The van der Waals surface area contributed by atoms with Gasteiger partial charge in [0, 0.05) is 12.8 Å². The van der Waals surface area contributed by atoms with Crippen LogP contribution in [0, 0.1) is 0 Å². The molecule has 174 valence electrons. The zero-order chi connectivity index (χ0) is 22.0. The maximum Gasteiger partial charge on any atom is 0.306 e. The predicted octanol–water partition coefficient (Wildman–Crippen LogP) is 3.67. The number of carbonyl (C=O) groups is 2. The fraction of sp³-hybridized carbons (Fsp3) is 0.917. The molecule has 2 atom stereocenters. The van der Waals surface area contributed by atoms with Crippen LogP contribution >= 0.6 is 0 Å². The van der Waals surface area contributed by atoms with Gasteiger partial charge >= 0.3 is 11.9 Å². The second-order valence-corrected chi connectivity index (χ2v) is 10.4. The highest BCUT2D eigenvalue weighted by Gasteiger charge is 2.29. The van der Waals surface area contributed by atoms with Crippen molar-refractivity contribution >= 4 is 11.9 Å². The van der Waals surface area contributed by atoms with Gasteiger partial charge in [0.15, 0.2) is 0 Å². The number of unbranched alkanes of at least 4 members (excludes halogenated alkanes) is 1. The van der Waals surface area contributed by atoms with Crippen molar-refractivity contribution in [1.29, 1.82) is 0 Å². The first-order valence-electron chi connectivity index (χ1n) is 12.3. The minimum Gasteiger partial charge on any atom is -0.457 e. The lowest BCUT2D eigenvalue weighted by Gasteiger charge is -2.39. The Kier molecular flexibility index (Phi) is 10.1. The summed E-state index contributed by atoms with van der Waals surface area (Å²) in [6, 6.07) is 0. The first kappa shape index (κ1) is 25.1. The number of rotatable bonds is 11. The van der Waals surface area contributed by atoms with Crippen LogP contribution < -0.4 is 0 Å². The molecule has 6 heteroatoms. The Bertz CT molecular complexity index is 491. The topological polar surface area (TPSA) is 52.6 Å². The summed E-state index contributed by atoms with van der Waals surface area (Å²) in [6.45, 7) is 10.5. The summed E-state index contributed by atoms with van der Waals surface area (Å²) in [5.41, 5.74) is 0. The van der Waals surface area contributed by atoms with Gasteiger partial charge in [-0.05, 0) is 65.2 Å². The van der Waals surface area contributed by atoms with E-state index in [1.165, 1.54) is 64.7 Å². The minimum atomic E-state index is -0.143. The highest BCUT2D eigenvalue weighted by molar-refractivity contribution is 5.70. The van der Waals surface area contributed by atoms with E-state index in [1.54, 1.807) is 0 Å². The van der Waals surface area contributed by atoms with E-state index >= 15 is 0 Å². The van der Waals surface area contributed by atoms with E-state index in [4.69, 9.17) is 9.47 Å². The molecule has 0 spiro atoms. The Hall–Kier alpha value is -1.14. The predicted molar refractivity (Wildman–Crippen MR) is 119 cm³/mol. The van der Waals surface area contributed by atoms with Crippen molar-refractivity contribution in [2.75, 3.05) is 53.4 Å². The van der Waals surface area contributed by atoms with Crippen LogP contribution in [0.1, 0.15) is 78.1 Å². The quantitative estimate of drug-likeness (QED) is 0.287. The number of quaternary nitrogens is 2. The van der Waals surface area contributed by atoms with Gasteiger partial charge in [-0.15, -0.1) is 0 Å². The molecule has 0 amide bonds. The van der Waals surface area contributed by atoms with Crippen molar-refractivity contribution in [3.8, 4) is 0 Å². The third-order valence-electron chi connectivity index (χ3n) is 6.86. The molecule has 0 saturated carbocycles. The Morgan fingerprint density at radius 2 is 1.00 bits per heavy atom. The summed E-state index contributed by atoms with van der Waals surface area (Å²) < 4.78 is 13.2. The van der Waals surface area contributed by atoms with Gasteiger partial charge < -0.3 is 18.4 Å².